The zero-order valence-corrected chi connectivity index (χ0v) is 8.12. The molecule has 0 fully saturated rings. The van der Waals surface area contributed by atoms with Crippen LogP contribution in [-0.2, 0) is 4.79 Å². The molecule has 1 aliphatic rings. The quantitative estimate of drug-likeness (QED) is 0.636. The molecule has 0 aromatic rings. The molecule has 0 bridgehead atoms. The van der Waals surface area contributed by atoms with Gasteiger partial charge in [-0.25, -0.2) is 0 Å². The number of rotatable bonds is 4. The maximum atomic E-state index is 10.9. The van der Waals surface area contributed by atoms with Crippen LogP contribution in [0.25, 0.3) is 0 Å². The van der Waals surface area contributed by atoms with E-state index >= 15 is 0 Å². The van der Waals surface area contributed by atoms with Crippen molar-refractivity contribution in [1.82, 2.24) is 5.32 Å². The third-order valence-corrected chi connectivity index (χ3v) is 2.46. The number of allylic oxidation sites excluding steroid dienone is 1. The molecule has 0 radical (unpaired) electrons. The third-order valence-electron chi connectivity index (χ3n) is 2.46. The maximum absolute atomic E-state index is 10.9. The van der Waals surface area contributed by atoms with Crippen LogP contribution >= 0.6 is 0 Å². The van der Waals surface area contributed by atoms with Crippen LogP contribution in [0.15, 0.2) is 12.2 Å². The van der Waals surface area contributed by atoms with E-state index in [2.05, 4.69) is 17.5 Å². The Kier molecular flexibility index (Phi) is 3.96. The van der Waals surface area contributed by atoms with Crippen molar-refractivity contribution in [3.8, 4) is 0 Å². The highest BCUT2D eigenvalue weighted by atomic mass is 16.1. The number of amides is 1. The molecule has 0 aliphatic heterocycles. The lowest BCUT2D eigenvalue weighted by atomic mass is 10.0. The molecule has 0 saturated heterocycles. The Balaban J connectivity index is 2.36. The van der Waals surface area contributed by atoms with Gasteiger partial charge in [-0.3, -0.25) is 4.79 Å². The van der Waals surface area contributed by atoms with Crippen molar-refractivity contribution in [2.24, 2.45) is 5.73 Å². The molecule has 3 heteroatoms. The van der Waals surface area contributed by atoms with Crippen LogP contribution in [0.3, 0.4) is 0 Å². The van der Waals surface area contributed by atoms with Crippen molar-refractivity contribution in [3.05, 3.63) is 12.2 Å². The summed E-state index contributed by atoms with van der Waals surface area (Å²) in [5.74, 6) is -0.239. The van der Waals surface area contributed by atoms with Gasteiger partial charge in [-0.1, -0.05) is 19.1 Å². The molecule has 1 rings (SSSR count). The smallest absolute Gasteiger partial charge is 0.234 e. The standard InChI is InChI=1S/C10H18N2O/c1-2-9(10(11)13)12-8-6-4-3-5-7-8/h3-4,8-9,12H,2,5-7H2,1H3,(H2,11,13). The van der Waals surface area contributed by atoms with Gasteiger partial charge in [0.25, 0.3) is 0 Å². The number of hydrogen-bond donors (Lipinski definition) is 2. The minimum atomic E-state index is -0.239. The van der Waals surface area contributed by atoms with Crippen molar-refractivity contribution in [2.45, 2.75) is 44.7 Å². The molecule has 74 valence electrons. The Morgan fingerprint density at radius 1 is 1.69 bits per heavy atom. The molecule has 2 atom stereocenters. The van der Waals surface area contributed by atoms with E-state index in [0.29, 0.717) is 6.04 Å². The van der Waals surface area contributed by atoms with E-state index in [1.165, 1.54) is 0 Å². The number of primary amides is 1. The van der Waals surface area contributed by atoms with Crippen LogP contribution in [0.2, 0.25) is 0 Å². The zero-order chi connectivity index (χ0) is 9.68. The molecule has 1 amide bonds. The van der Waals surface area contributed by atoms with E-state index in [0.717, 1.165) is 25.7 Å². The summed E-state index contributed by atoms with van der Waals surface area (Å²) in [6, 6.07) is 0.277. The van der Waals surface area contributed by atoms with Gasteiger partial charge in [0.1, 0.15) is 0 Å². The zero-order valence-electron chi connectivity index (χ0n) is 8.12. The number of hydrogen-bond acceptors (Lipinski definition) is 2. The molecule has 13 heavy (non-hydrogen) atoms. The molecule has 0 spiro atoms. The molecular formula is C10H18N2O. The lowest BCUT2D eigenvalue weighted by Crippen LogP contribution is -2.46. The minimum Gasteiger partial charge on any atom is -0.368 e. The number of carbonyl (C=O) groups excluding carboxylic acids is 1. The fourth-order valence-corrected chi connectivity index (χ4v) is 1.63. The topological polar surface area (TPSA) is 55.1 Å². The van der Waals surface area contributed by atoms with Crippen LogP contribution in [-0.4, -0.2) is 18.0 Å². The molecule has 0 aromatic carbocycles. The Morgan fingerprint density at radius 2 is 2.46 bits per heavy atom. The van der Waals surface area contributed by atoms with Crippen molar-refractivity contribution in [1.29, 1.82) is 0 Å². The fraction of sp³-hybridized carbons (Fsp3) is 0.700. The second-order valence-corrected chi connectivity index (χ2v) is 3.51. The molecule has 0 heterocycles. The van der Waals surface area contributed by atoms with Crippen LogP contribution in [0.4, 0.5) is 0 Å². The lowest BCUT2D eigenvalue weighted by Gasteiger charge is -2.23. The summed E-state index contributed by atoms with van der Waals surface area (Å²) in [7, 11) is 0. The Bertz CT molecular complexity index is 201. The van der Waals surface area contributed by atoms with Crippen molar-refractivity contribution < 1.29 is 4.79 Å². The van der Waals surface area contributed by atoms with Crippen molar-refractivity contribution >= 4 is 5.91 Å². The summed E-state index contributed by atoms with van der Waals surface area (Å²) in [4.78, 5) is 10.9. The molecule has 1 aliphatic carbocycles. The number of nitrogens with two attached hydrogens (primary N) is 1. The van der Waals surface area contributed by atoms with Gasteiger partial charge < -0.3 is 11.1 Å². The first-order valence-electron chi connectivity index (χ1n) is 4.94. The molecule has 0 aromatic heterocycles. The first kappa shape index (κ1) is 10.3. The first-order chi connectivity index (χ1) is 6.24. The summed E-state index contributed by atoms with van der Waals surface area (Å²) in [5.41, 5.74) is 5.24. The Morgan fingerprint density at radius 3 is 2.92 bits per heavy atom. The largest absolute Gasteiger partial charge is 0.368 e. The summed E-state index contributed by atoms with van der Waals surface area (Å²) < 4.78 is 0. The Labute approximate surface area is 79.4 Å². The van der Waals surface area contributed by atoms with E-state index in [1.807, 2.05) is 6.92 Å². The molecule has 3 N–H and O–H groups in total. The SMILES string of the molecule is CCC(NC1CC=CCC1)C(N)=O. The summed E-state index contributed by atoms with van der Waals surface area (Å²) >= 11 is 0. The van der Waals surface area contributed by atoms with Gasteiger partial charge in [0.2, 0.25) is 5.91 Å². The Hall–Kier alpha value is -0.830. The molecule has 3 nitrogen and oxygen atoms in total. The van der Waals surface area contributed by atoms with Gasteiger partial charge in [-0.2, -0.15) is 0 Å². The number of nitrogens with one attached hydrogen (secondary N) is 1. The summed E-state index contributed by atoms with van der Waals surface area (Å²) in [5, 5.41) is 3.28. The van der Waals surface area contributed by atoms with Gasteiger partial charge >= 0.3 is 0 Å². The summed E-state index contributed by atoms with van der Waals surface area (Å²) in [6.07, 6.45) is 8.35. The highest BCUT2D eigenvalue weighted by molar-refractivity contribution is 5.79. The van der Waals surface area contributed by atoms with Gasteiger partial charge in [-0.05, 0) is 25.7 Å². The van der Waals surface area contributed by atoms with E-state index in [1.54, 1.807) is 0 Å². The average Bonchev–Trinajstić information content (AvgIpc) is 2.15. The van der Waals surface area contributed by atoms with Crippen molar-refractivity contribution in [3.63, 3.8) is 0 Å². The highest BCUT2D eigenvalue weighted by Crippen LogP contribution is 2.11. The van der Waals surface area contributed by atoms with Crippen molar-refractivity contribution in [2.75, 3.05) is 0 Å². The average molecular weight is 182 g/mol. The predicted octanol–water partition coefficient (Wildman–Crippen LogP) is 0.949. The lowest BCUT2D eigenvalue weighted by molar-refractivity contribution is -0.120. The second kappa shape index (κ2) is 5.02. The normalized spacial score (nSPS) is 24.2. The molecule has 0 saturated carbocycles. The second-order valence-electron chi connectivity index (χ2n) is 3.51. The van der Waals surface area contributed by atoms with Crippen LogP contribution in [0.1, 0.15) is 32.6 Å². The maximum Gasteiger partial charge on any atom is 0.234 e. The minimum absolute atomic E-state index is 0.156. The van der Waals surface area contributed by atoms with Crippen LogP contribution in [0, 0.1) is 0 Å². The van der Waals surface area contributed by atoms with Gasteiger partial charge in [0, 0.05) is 6.04 Å². The van der Waals surface area contributed by atoms with Crippen LogP contribution in [0.5, 0.6) is 0 Å². The van der Waals surface area contributed by atoms with Gasteiger partial charge in [0.05, 0.1) is 6.04 Å². The predicted molar refractivity (Wildman–Crippen MR) is 53.2 cm³/mol. The van der Waals surface area contributed by atoms with E-state index in [9.17, 15) is 4.79 Å². The fourth-order valence-electron chi connectivity index (χ4n) is 1.63. The van der Waals surface area contributed by atoms with Crippen LogP contribution < -0.4 is 11.1 Å². The van der Waals surface area contributed by atoms with E-state index in [-0.39, 0.29) is 11.9 Å². The van der Waals surface area contributed by atoms with E-state index in [4.69, 9.17) is 5.73 Å². The van der Waals surface area contributed by atoms with Gasteiger partial charge in [0.15, 0.2) is 0 Å². The molecular weight excluding hydrogens is 164 g/mol. The van der Waals surface area contributed by atoms with Gasteiger partial charge in [-0.15, -0.1) is 0 Å². The number of carbonyl (C=O) groups is 1. The highest BCUT2D eigenvalue weighted by Gasteiger charge is 2.17. The monoisotopic (exact) mass is 182 g/mol. The summed E-state index contributed by atoms with van der Waals surface area (Å²) in [6.45, 7) is 1.97. The van der Waals surface area contributed by atoms with E-state index < -0.39 is 0 Å². The first-order valence-corrected chi connectivity index (χ1v) is 4.94. The molecule has 2 unspecified atom stereocenters. The third kappa shape index (κ3) is 3.19.